The van der Waals surface area contributed by atoms with Crippen molar-refractivity contribution in [3.05, 3.63) is 86.1 Å². The van der Waals surface area contributed by atoms with E-state index in [2.05, 4.69) is 41.8 Å². The fourth-order valence-electron chi connectivity index (χ4n) is 3.88. The predicted molar refractivity (Wildman–Crippen MR) is 155 cm³/mol. The number of nitrogens with zero attached hydrogens (tertiary/aromatic N) is 3. The van der Waals surface area contributed by atoms with Gasteiger partial charge in [0.25, 0.3) is 5.56 Å². The van der Waals surface area contributed by atoms with E-state index < -0.39 is 0 Å². The van der Waals surface area contributed by atoms with Gasteiger partial charge in [0, 0.05) is 15.4 Å². The van der Waals surface area contributed by atoms with Crippen LogP contribution in [0.3, 0.4) is 0 Å². The van der Waals surface area contributed by atoms with E-state index in [1.54, 1.807) is 31.4 Å². The summed E-state index contributed by atoms with van der Waals surface area (Å²) >= 11 is 10.2. The van der Waals surface area contributed by atoms with Crippen LogP contribution < -0.4 is 15.0 Å². The average Bonchev–Trinajstić information content (AvgIpc) is 3.33. The number of rotatable bonds is 6. The summed E-state index contributed by atoms with van der Waals surface area (Å²) in [5.74, 6) is 1.58. The van der Waals surface area contributed by atoms with Gasteiger partial charge in [-0.05, 0) is 51.7 Å². The molecule has 0 aliphatic heterocycles. The molecule has 2 heterocycles. The molecule has 0 spiro atoms. The van der Waals surface area contributed by atoms with Crippen LogP contribution in [0.1, 0.15) is 26.3 Å². The molecule has 7 nitrogen and oxygen atoms in total. The molecule has 5 rings (SSSR count). The number of fused-ring (bicyclic) bond motifs is 2. The highest BCUT2D eigenvalue weighted by molar-refractivity contribution is 9.10. The first kappa shape index (κ1) is 26.0. The Labute approximate surface area is 232 Å². The summed E-state index contributed by atoms with van der Waals surface area (Å²) in [7, 11) is 1.54. The van der Waals surface area contributed by atoms with E-state index in [1.165, 1.54) is 10.9 Å². The highest BCUT2D eigenvalue weighted by Gasteiger charge is 2.21. The van der Waals surface area contributed by atoms with Gasteiger partial charge in [0.2, 0.25) is 5.82 Å². The number of halogens is 2. The third kappa shape index (κ3) is 5.06. The van der Waals surface area contributed by atoms with Crippen LogP contribution in [-0.4, -0.2) is 29.6 Å². The Kier molecular flexibility index (Phi) is 7.03. The number of para-hydroxylation sites is 2. The van der Waals surface area contributed by atoms with Crippen molar-refractivity contribution >= 4 is 55.6 Å². The van der Waals surface area contributed by atoms with Gasteiger partial charge in [0.15, 0.2) is 17.3 Å². The van der Waals surface area contributed by atoms with Gasteiger partial charge in [-0.2, -0.15) is 9.78 Å². The molecule has 0 radical (unpaired) electrons. The maximum absolute atomic E-state index is 13.6. The van der Waals surface area contributed by atoms with Crippen molar-refractivity contribution in [2.75, 3.05) is 13.7 Å². The zero-order valence-electron chi connectivity index (χ0n) is 21.3. The van der Waals surface area contributed by atoms with E-state index in [9.17, 15) is 4.79 Å². The lowest BCUT2D eigenvalue weighted by atomic mass is 9.99. The third-order valence-corrected chi connectivity index (χ3v) is 7.18. The van der Waals surface area contributed by atoms with Crippen LogP contribution in [0.4, 0.5) is 0 Å². The Morgan fingerprint density at radius 1 is 1.13 bits per heavy atom. The second-order valence-electron chi connectivity index (χ2n) is 9.94. The van der Waals surface area contributed by atoms with Crippen LogP contribution >= 0.6 is 27.5 Å². The van der Waals surface area contributed by atoms with Crippen LogP contribution in [0.5, 0.6) is 11.5 Å². The van der Waals surface area contributed by atoms with Crippen molar-refractivity contribution < 1.29 is 13.9 Å². The van der Waals surface area contributed by atoms with E-state index >= 15 is 0 Å². The van der Waals surface area contributed by atoms with E-state index in [0.717, 1.165) is 5.39 Å². The number of furan rings is 1. The minimum Gasteiger partial charge on any atom is -0.493 e. The Balaban J connectivity index is 1.64. The Morgan fingerprint density at radius 2 is 1.87 bits per heavy atom. The lowest BCUT2D eigenvalue weighted by Gasteiger charge is -2.21. The number of methoxy groups -OCH3 is 1. The smallest absolute Gasteiger partial charge is 0.282 e. The van der Waals surface area contributed by atoms with Crippen LogP contribution in [0.2, 0.25) is 5.02 Å². The Bertz CT molecular complexity index is 1720. The molecule has 0 aliphatic rings. The summed E-state index contributed by atoms with van der Waals surface area (Å²) in [5, 5.41) is 6.21. The lowest BCUT2D eigenvalue weighted by Crippen LogP contribution is -2.20. The molecule has 0 aliphatic carbocycles. The first-order chi connectivity index (χ1) is 18.2. The molecule has 5 aromatic rings. The topological polar surface area (TPSA) is 78.9 Å². The molecule has 9 heteroatoms. The second kappa shape index (κ2) is 10.3. The molecule has 194 valence electrons. The lowest BCUT2D eigenvalue weighted by molar-refractivity contribution is 0.191. The summed E-state index contributed by atoms with van der Waals surface area (Å²) in [6, 6.07) is 18.3. The first-order valence-corrected chi connectivity index (χ1v) is 13.1. The summed E-state index contributed by atoms with van der Waals surface area (Å²) in [6.07, 6.45) is 1.52. The molecule has 0 saturated carbocycles. The Morgan fingerprint density at radius 3 is 2.61 bits per heavy atom. The molecule has 0 bridgehead atoms. The quantitative estimate of drug-likeness (QED) is 0.190. The molecular formula is C29H25BrClN3O4. The number of benzene rings is 3. The molecule has 0 N–H and O–H groups in total. The zero-order chi connectivity index (χ0) is 27.0. The fourth-order valence-corrected chi connectivity index (χ4v) is 4.53. The van der Waals surface area contributed by atoms with Gasteiger partial charge in [0.1, 0.15) is 10.6 Å². The molecule has 38 heavy (non-hydrogen) atoms. The number of hydrogen-bond donors (Lipinski definition) is 0. The van der Waals surface area contributed by atoms with Gasteiger partial charge in [-0.25, -0.2) is 4.98 Å². The zero-order valence-corrected chi connectivity index (χ0v) is 23.6. The predicted octanol–water partition coefficient (Wildman–Crippen LogP) is 7.54. The van der Waals surface area contributed by atoms with E-state index in [1.807, 2.05) is 36.4 Å². The van der Waals surface area contributed by atoms with Crippen molar-refractivity contribution in [3.63, 3.8) is 0 Å². The molecule has 0 atom stereocenters. The number of hydrogen-bond acceptors (Lipinski definition) is 6. The summed E-state index contributed by atoms with van der Waals surface area (Å²) in [6.45, 7) is 6.65. The fraction of sp³-hybridized carbons (Fsp3) is 0.207. The van der Waals surface area contributed by atoms with Crippen molar-refractivity contribution in [1.29, 1.82) is 0 Å². The van der Waals surface area contributed by atoms with E-state index in [-0.39, 0.29) is 16.8 Å². The number of ether oxygens (including phenoxy) is 2. The maximum atomic E-state index is 13.6. The summed E-state index contributed by atoms with van der Waals surface area (Å²) in [4.78, 5) is 18.3. The normalized spacial score (nSPS) is 12.1. The Hall–Kier alpha value is -3.62. The van der Waals surface area contributed by atoms with Gasteiger partial charge in [-0.3, -0.25) is 4.79 Å². The SMILES string of the molecule is COc1cc(C=Nn2c(-c3cc4ccccc4o3)nc3ccccc3c2=O)c(Br)c(Cl)c1OCC(C)(C)C. The molecular weight excluding hydrogens is 570 g/mol. The summed E-state index contributed by atoms with van der Waals surface area (Å²) in [5.41, 5.74) is 1.42. The second-order valence-corrected chi connectivity index (χ2v) is 11.1. The van der Waals surface area contributed by atoms with Crippen molar-refractivity contribution in [3.8, 4) is 23.1 Å². The summed E-state index contributed by atoms with van der Waals surface area (Å²) < 4.78 is 19.4. The van der Waals surface area contributed by atoms with Gasteiger partial charge < -0.3 is 13.9 Å². The van der Waals surface area contributed by atoms with Crippen LogP contribution in [0.25, 0.3) is 33.5 Å². The van der Waals surface area contributed by atoms with Gasteiger partial charge in [0.05, 0.1) is 30.8 Å². The monoisotopic (exact) mass is 593 g/mol. The van der Waals surface area contributed by atoms with Crippen molar-refractivity contribution in [2.45, 2.75) is 20.8 Å². The van der Waals surface area contributed by atoms with Crippen molar-refractivity contribution in [2.24, 2.45) is 10.5 Å². The molecule has 0 saturated heterocycles. The largest absolute Gasteiger partial charge is 0.493 e. The highest BCUT2D eigenvalue weighted by atomic mass is 79.9. The van der Waals surface area contributed by atoms with Crippen LogP contribution in [0.15, 0.2) is 79.4 Å². The van der Waals surface area contributed by atoms with Crippen molar-refractivity contribution in [1.82, 2.24) is 9.66 Å². The third-order valence-electron chi connectivity index (χ3n) is 5.74. The van der Waals surface area contributed by atoms with E-state index in [4.69, 9.17) is 30.5 Å². The molecule has 0 amide bonds. The molecule has 0 unspecified atom stereocenters. The minimum absolute atomic E-state index is 0.0712. The van der Waals surface area contributed by atoms with Crippen LogP contribution in [-0.2, 0) is 0 Å². The van der Waals surface area contributed by atoms with Gasteiger partial charge >= 0.3 is 0 Å². The highest BCUT2D eigenvalue weighted by Crippen LogP contribution is 2.42. The maximum Gasteiger partial charge on any atom is 0.282 e. The standard InChI is InChI=1S/C29H25BrClN3O4/c1-29(2,3)16-37-26-22(36-4)14-18(24(30)25(26)31)15-32-34-27(23-13-17-9-5-8-12-21(17)38-23)33-20-11-7-6-10-19(20)28(34)35/h5-15H,16H2,1-4H3. The first-order valence-electron chi connectivity index (χ1n) is 11.9. The van der Waals surface area contributed by atoms with Gasteiger partial charge in [-0.15, -0.1) is 0 Å². The molecule has 0 fully saturated rings. The number of aromatic nitrogens is 2. The van der Waals surface area contributed by atoms with Gasteiger partial charge in [-0.1, -0.05) is 62.7 Å². The minimum atomic E-state index is -0.332. The average molecular weight is 595 g/mol. The molecule has 2 aromatic heterocycles. The van der Waals surface area contributed by atoms with Crippen LogP contribution in [0, 0.1) is 5.41 Å². The molecule has 3 aromatic carbocycles. The van der Waals surface area contributed by atoms with E-state index in [0.29, 0.717) is 55.4 Å².